The number of halogens is 2. The van der Waals surface area contributed by atoms with E-state index < -0.39 is 21.7 Å². The molecular formula is C21H18ClFN2O5S. The van der Waals surface area contributed by atoms with Crippen LogP contribution in [0.4, 0.5) is 15.8 Å². The van der Waals surface area contributed by atoms with Crippen LogP contribution in [0.1, 0.15) is 10.4 Å². The summed E-state index contributed by atoms with van der Waals surface area (Å²) in [6.07, 6.45) is 0. The Morgan fingerprint density at radius 3 is 2.29 bits per heavy atom. The second-order valence-corrected chi connectivity index (χ2v) is 8.37. The van der Waals surface area contributed by atoms with Crippen LogP contribution in [-0.2, 0) is 10.0 Å². The van der Waals surface area contributed by atoms with Crippen LogP contribution < -0.4 is 19.5 Å². The molecule has 1 amide bonds. The molecule has 0 heterocycles. The SMILES string of the molecule is COc1ccc(OC)c(NC(=O)c2ccc(NS(=O)(=O)c3ccc(F)c(Cl)c3)cc2)c1. The van der Waals surface area contributed by atoms with E-state index in [9.17, 15) is 17.6 Å². The molecule has 0 atom stereocenters. The van der Waals surface area contributed by atoms with E-state index in [0.717, 1.165) is 18.2 Å². The number of anilines is 2. The lowest BCUT2D eigenvalue weighted by molar-refractivity contribution is 0.102. The lowest BCUT2D eigenvalue weighted by Crippen LogP contribution is -2.14. The summed E-state index contributed by atoms with van der Waals surface area (Å²) in [6.45, 7) is 0. The van der Waals surface area contributed by atoms with Crippen LogP contribution in [0, 0.1) is 5.82 Å². The molecule has 0 bridgehead atoms. The molecule has 0 saturated heterocycles. The van der Waals surface area contributed by atoms with Crippen molar-refractivity contribution in [3.05, 3.63) is 77.1 Å². The van der Waals surface area contributed by atoms with Crippen LogP contribution in [-0.4, -0.2) is 28.5 Å². The number of amides is 1. The zero-order valence-electron chi connectivity index (χ0n) is 16.5. The van der Waals surface area contributed by atoms with Gasteiger partial charge in [-0.25, -0.2) is 12.8 Å². The molecule has 2 N–H and O–H groups in total. The van der Waals surface area contributed by atoms with Crippen molar-refractivity contribution in [2.45, 2.75) is 4.90 Å². The number of benzene rings is 3. The van der Waals surface area contributed by atoms with E-state index in [1.54, 1.807) is 18.2 Å². The van der Waals surface area contributed by atoms with Crippen molar-refractivity contribution >= 4 is 38.9 Å². The summed E-state index contributed by atoms with van der Waals surface area (Å²) >= 11 is 5.66. The lowest BCUT2D eigenvalue weighted by atomic mass is 10.2. The van der Waals surface area contributed by atoms with Gasteiger partial charge in [0.15, 0.2) is 0 Å². The molecule has 0 unspecified atom stereocenters. The molecule has 0 spiro atoms. The molecule has 3 aromatic carbocycles. The number of hydrogen-bond donors (Lipinski definition) is 2. The van der Waals surface area contributed by atoms with Gasteiger partial charge in [-0.15, -0.1) is 0 Å². The Labute approximate surface area is 183 Å². The minimum absolute atomic E-state index is 0.189. The van der Waals surface area contributed by atoms with Gasteiger partial charge in [-0.3, -0.25) is 9.52 Å². The number of hydrogen-bond acceptors (Lipinski definition) is 5. The summed E-state index contributed by atoms with van der Waals surface area (Å²) in [7, 11) is -0.997. The Hall–Kier alpha value is -3.30. The molecule has 0 radical (unpaired) electrons. The van der Waals surface area contributed by atoms with E-state index in [-0.39, 0.29) is 21.2 Å². The van der Waals surface area contributed by atoms with Gasteiger partial charge in [-0.05, 0) is 54.6 Å². The maximum Gasteiger partial charge on any atom is 0.261 e. The third kappa shape index (κ3) is 5.25. The maximum atomic E-state index is 13.3. The zero-order chi connectivity index (χ0) is 22.6. The lowest BCUT2D eigenvalue weighted by Gasteiger charge is -2.12. The third-order valence-electron chi connectivity index (χ3n) is 4.26. The highest BCUT2D eigenvalue weighted by atomic mass is 35.5. The number of rotatable bonds is 7. The van der Waals surface area contributed by atoms with E-state index >= 15 is 0 Å². The largest absolute Gasteiger partial charge is 0.497 e. The van der Waals surface area contributed by atoms with Crippen LogP contribution in [0.3, 0.4) is 0 Å². The highest BCUT2D eigenvalue weighted by molar-refractivity contribution is 7.92. The molecule has 10 heteroatoms. The van der Waals surface area contributed by atoms with Crippen molar-refractivity contribution in [1.82, 2.24) is 0 Å². The highest BCUT2D eigenvalue weighted by Gasteiger charge is 2.17. The molecule has 0 aliphatic rings. The molecule has 31 heavy (non-hydrogen) atoms. The monoisotopic (exact) mass is 464 g/mol. The van der Waals surface area contributed by atoms with Crippen LogP contribution >= 0.6 is 11.6 Å². The molecule has 162 valence electrons. The van der Waals surface area contributed by atoms with Crippen molar-refractivity contribution in [3.8, 4) is 11.5 Å². The molecule has 7 nitrogen and oxygen atoms in total. The van der Waals surface area contributed by atoms with E-state index in [4.69, 9.17) is 21.1 Å². The van der Waals surface area contributed by atoms with Gasteiger partial charge in [-0.2, -0.15) is 0 Å². The number of methoxy groups -OCH3 is 2. The third-order valence-corrected chi connectivity index (χ3v) is 5.92. The van der Waals surface area contributed by atoms with Crippen molar-refractivity contribution in [3.63, 3.8) is 0 Å². The number of sulfonamides is 1. The Bertz CT molecular complexity index is 1220. The fraction of sp³-hybridized carbons (Fsp3) is 0.0952. The van der Waals surface area contributed by atoms with Crippen LogP contribution in [0.25, 0.3) is 0 Å². The first-order valence-electron chi connectivity index (χ1n) is 8.85. The van der Waals surface area contributed by atoms with E-state index in [2.05, 4.69) is 10.0 Å². The normalized spacial score (nSPS) is 11.0. The minimum atomic E-state index is -3.98. The average molecular weight is 465 g/mol. The van der Waals surface area contributed by atoms with Gasteiger partial charge in [-0.1, -0.05) is 11.6 Å². The first-order chi connectivity index (χ1) is 14.7. The maximum absolute atomic E-state index is 13.3. The Morgan fingerprint density at radius 1 is 0.968 bits per heavy atom. The summed E-state index contributed by atoms with van der Waals surface area (Å²) in [5, 5.41) is 2.42. The smallest absolute Gasteiger partial charge is 0.261 e. The number of ether oxygens (including phenoxy) is 2. The van der Waals surface area contributed by atoms with Crippen molar-refractivity contribution in [1.29, 1.82) is 0 Å². The Kier molecular flexibility index (Phi) is 6.67. The molecular weight excluding hydrogens is 447 g/mol. The van der Waals surface area contributed by atoms with Crippen LogP contribution in [0.5, 0.6) is 11.5 Å². The average Bonchev–Trinajstić information content (AvgIpc) is 2.75. The number of carbonyl (C=O) groups excluding carboxylic acids is 1. The van der Waals surface area contributed by atoms with Gasteiger partial charge in [0.25, 0.3) is 15.9 Å². The van der Waals surface area contributed by atoms with E-state index in [1.807, 2.05) is 0 Å². The Balaban J connectivity index is 1.75. The fourth-order valence-corrected chi connectivity index (χ4v) is 3.98. The zero-order valence-corrected chi connectivity index (χ0v) is 18.1. The summed E-state index contributed by atoms with van der Waals surface area (Å²) in [5.41, 5.74) is 0.929. The van der Waals surface area contributed by atoms with Gasteiger partial charge in [0.2, 0.25) is 0 Å². The fourth-order valence-electron chi connectivity index (χ4n) is 2.65. The summed E-state index contributed by atoms with van der Waals surface area (Å²) < 4.78 is 50.9. The van der Waals surface area contributed by atoms with Gasteiger partial charge >= 0.3 is 0 Å². The molecule has 0 aliphatic heterocycles. The van der Waals surface area contributed by atoms with Gasteiger partial charge in [0, 0.05) is 17.3 Å². The van der Waals surface area contributed by atoms with Gasteiger partial charge in [0.1, 0.15) is 17.3 Å². The minimum Gasteiger partial charge on any atom is -0.497 e. The van der Waals surface area contributed by atoms with E-state index in [0.29, 0.717) is 17.2 Å². The summed E-state index contributed by atoms with van der Waals surface area (Å²) in [6, 6.07) is 13.8. The number of nitrogens with one attached hydrogen (secondary N) is 2. The molecule has 3 aromatic rings. The quantitative estimate of drug-likeness (QED) is 0.535. The molecule has 0 saturated carbocycles. The van der Waals surface area contributed by atoms with Crippen LogP contribution in [0.2, 0.25) is 5.02 Å². The van der Waals surface area contributed by atoms with Crippen molar-refractivity contribution < 1.29 is 27.1 Å². The van der Waals surface area contributed by atoms with Crippen LogP contribution in [0.15, 0.2) is 65.6 Å². The molecule has 3 rings (SSSR count). The Morgan fingerprint density at radius 2 is 1.68 bits per heavy atom. The molecule has 0 fully saturated rings. The van der Waals surface area contributed by atoms with Crippen molar-refractivity contribution in [2.24, 2.45) is 0 Å². The summed E-state index contributed by atoms with van der Waals surface area (Å²) in [4.78, 5) is 12.4. The first-order valence-corrected chi connectivity index (χ1v) is 10.7. The standard InChI is InChI=1S/C21H18ClFN2O5S/c1-29-15-7-10-20(30-2)19(11-15)24-21(26)13-3-5-14(6-4-13)25-31(27,28)16-8-9-18(23)17(22)12-16/h3-12,25H,1-2H3,(H,24,26). The van der Waals surface area contributed by atoms with E-state index in [1.165, 1.54) is 38.5 Å². The molecule has 0 aliphatic carbocycles. The predicted octanol–water partition coefficient (Wildman–Crippen LogP) is 4.55. The van der Waals surface area contributed by atoms with Gasteiger partial charge in [0.05, 0.1) is 29.8 Å². The highest BCUT2D eigenvalue weighted by Crippen LogP contribution is 2.29. The first kappa shape index (κ1) is 22.4. The number of carbonyl (C=O) groups is 1. The second-order valence-electron chi connectivity index (χ2n) is 6.28. The molecule has 0 aromatic heterocycles. The predicted molar refractivity (Wildman–Crippen MR) is 116 cm³/mol. The second kappa shape index (κ2) is 9.23. The van der Waals surface area contributed by atoms with Gasteiger partial charge < -0.3 is 14.8 Å². The van der Waals surface area contributed by atoms with Crippen molar-refractivity contribution in [2.75, 3.05) is 24.3 Å². The topological polar surface area (TPSA) is 93.7 Å². The summed E-state index contributed by atoms with van der Waals surface area (Å²) in [5.74, 6) is -0.145.